The third-order valence-electron chi connectivity index (χ3n) is 4.01. The minimum Gasteiger partial charge on any atom is -0.371 e. The third kappa shape index (κ3) is 2.68. The third-order valence-corrected chi connectivity index (χ3v) is 4.01. The smallest absolute Gasteiger partial charge is 0.0443 e. The number of hydrogen-bond donors (Lipinski definition) is 1. The van der Waals surface area contributed by atoms with Gasteiger partial charge in [0.25, 0.3) is 0 Å². The van der Waals surface area contributed by atoms with Crippen molar-refractivity contribution in [2.75, 3.05) is 25.0 Å². The maximum Gasteiger partial charge on any atom is 0.0443 e. The van der Waals surface area contributed by atoms with Gasteiger partial charge < -0.3 is 10.2 Å². The molecule has 0 bridgehead atoms. The first-order chi connectivity index (χ1) is 9.88. The molecule has 0 saturated heterocycles. The van der Waals surface area contributed by atoms with Crippen molar-refractivity contribution in [1.82, 2.24) is 10.3 Å². The van der Waals surface area contributed by atoms with Crippen molar-refractivity contribution >= 4 is 5.69 Å². The standard InChI is InChI=1S/C17H21N3/c1-18-12-16-13-19-9-6-17(16)20-10-7-14-4-2-3-5-15(14)8-11-20/h2-6,9,13,18H,7-8,10-12H2,1H3. The second-order valence-corrected chi connectivity index (χ2v) is 5.29. The Labute approximate surface area is 120 Å². The van der Waals surface area contributed by atoms with Crippen LogP contribution in [0.1, 0.15) is 16.7 Å². The highest BCUT2D eigenvalue weighted by atomic mass is 15.1. The number of hydrogen-bond acceptors (Lipinski definition) is 3. The highest BCUT2D eigenvalue weighted by molar-refractivity contribution is 5.53. The van der Waals surface area contributed by atoms with E-state index in [1.807, 2.05) is 19.4 Å². The number of nitrogens with zero attached hydrogens (tertiary/aromatic N) is 2. The van der Waals surface area contributed by atoms with Crippen molar-refractivity contribution in [3.8, 4) is 0 Å². The SMILES string of the molecule is CNCc1cnccc1N1CCc2ccccc2CC1. The van der Waals surface area contributed by atoms with Gasteiger partial charge in [0.05, 0.1) is 0 Å². The lowest BCUT2D eigenvalue weighted by atomic mass is 10.0. The molecule has 0 radical (unpaired) electrons. The molecular weight excluding hydrogens is 246 g/mol. The Kier molecular flexibility index (Phi) is 3.97. The maximum atomic E-state index is 4.26. The van der Waals surface area contributed by atoms with Crippen LogP contribution in [-0.4, -0.2) is 25.1 Å². The van der Waals surface area contributed by atoms with Gasteiger partial charge in [-0.25, -0.2) is 0 Å². The fraction of sp³-hybridized carbons (Fsp3) is 0.353. The van der Waals surface area contributed by atoms with E-state index in [0.29, 0.717) is 0 Å². The predicted molar refractivity (Wildman–Crippen MR) is 83.1 cm³/mol. The van der Waals surface area contributed by atoms with Crippen LogP contribution in [0.4, 0.5) is 5.69 Å². The summed E-state index contributed by atoms with van der Waals surface area (Å²) in [6.45, 7) is 3.03. The van der Waals surface area contributed by atoms with E-state index >= 15 is 0 Å². The van der Waals surface area contributed by atoms with Gasteiger partial charge in [-0.1, -0.05) is 24.3 Å². The Morgan fingerprint density at radius 2 is 1.80 bits per heavy atom. The van der Waals surface area contributed by atoms with Gasteiger partial charge in [0.15, 0.2) is 0 Å². The number of aromatic nitrogens is 1. The topological polar surface area (TPSA) is 28.2 Å². The fourth-order valence-electron chi connectivity index (χ4n) is 2.96. The van der Waals surface area contributed by atoms with E-state index in [2.05, 4.69) is 45.5 Å². The molecule has 1 aliphatic heterocycles. The van der Waals surface area contributed by atoms with Crippen LogP contribution in [0.2, 0.25) is 0 Å². The van der Waals surface area contributed by atoms with E-state index < -0.39 is 0 Å². The molecule has 0 unspecified atom stereocenters. The average molecular weight is 267 g/mol. The number of anilines is 1. The molecule has 0 amide bonds. The van der Waals surface area contributed by atoms with Crippen LogP contribution < -0.4 is 10.2 Å². The molecule has 3 rings (SSSR count). The van der Waals surface area contributed by atoms with Gasteiger partial charge in [-0.15, -0.1) is 0 Å². The molecule has 3 nitrogen and oxygen atoms in total. The maximum absolute atomic E-state index is 4.26. The van der Waals surface area contributed by atoms with Crippen molar-refractivity contribution < 1.29 is 0 Å². The molecule has 1 N–H and O–H groups in total. The van der Waals surface area contributed by atoms with Gasteiger partial charge >= 0.3 is 0 Å². The van der Waals surface area contributed by atoms with Gasteiger partial charge in [0, 0.05) is 43.3 Å². The molecule has 1 aromatic heterocycles. The highest BCUT2D eigenvalue weighted by Gasteiger charge is 2.16. The lowest BCUT2D eigenvalue weighted by Gasteiger charge is -2.25. The van der Waals surface area contributed by atoms with Crippen LogP contribution in [0, 0.1) is 0 Å². The van der Waals surface area contributed by atoms with Crippen molar-refractivity contribution in [2.24, 2.45) is 0 Å². The summed E-state index contributed by atoms with van der Waals surface area (Å²) < 4.78 is 0. The average Bonchev–Trinajstić information content (AvgIpc) is 2.71. The molecule has 1 aliphatic rings. The van der Waals surface area contributed by atoms with Crippen LogP contribution >= 0.6 is 0 Å². The molecular formula is C17H21N3. The van der Waals surface area contributed by atoms with Gasteiger partial charge in [0.1, 0.15) is 0 Å². The Balaban J connectivity index is 1.83. The van der Waals surface area contributed by atoms with E-state index in [9.17, 15) is 0 Å². The number of nitrogens with one attached hydrogen (secondary N) is 1. The van der Waals surface area contributed by atoms with E-state index in [1.165, 1.54) is 22.4 Å². The van der Waals surface area contributed by atoms with E-state index in [4.69, 9.17) is 0 Å². The molecule has 104 valence electrons. The zero-order valence-electron chi connectivity index (χ0n) is 12.0. The van der Waals surface area contributed by atoms with E-state index in [1.54, 1.807) is 0 Å². The first kappa shape index (κ1) is 13.1. The number of benzene rings is 1. The second kappa shape index (κ2) is 6.06. The summed E-state index contributed by atoms with van der Waals surface area (Å²) in [5.74, 6) is 0. The molecule has 2 aromatic rings. The highest BCUT2D eigenvalue weighted by Crippen LogP contribution is 2.23. The van der Waals surface area contributed by atoms with Crippen LogP contribution in [0.15, 0.2) is 42.7 Å². The van der Waals surface area contributed by atoms with Gasteiger partial charge in [-0.2, -0.15) is 0 Å². The molecule has 0 spiro atoms. The van der Waals surface area contributed by atoms with E-state index in [0.717, 1.165) is 32.5 Å². The molecule has 20 heavy (non-hydrogen) atoms. The minimum atomic E-state index is 0.868. The van der Waals surface area contributed by atoms with Crippen LogP contribution in [0.3, 0.4) is 0 Å². The van der Waals surface area contributed by atoms with Crippen molar-refractivity contribution in [1.29, 1.82) is 0 Å². The molecule has 3 heteroatoms. The van der Waals surface area contributed by atoms with Crippen LogP contribution in [0.25, 0.3) is 0 Å². The van der Waals surface area contributed by atoms with Gasteiger partial charge in [-0.3, -0.25) is 4.98 Å². The van der Waals surface area contributed by atoms with Crippen molar-refractivity contribution in [2.45, 2.75) is 19.4 Å². The van der Waals surface area contributed by atoms with Gasteiger partial charge in [0.2, 0.25) is 0 Å². The molecule has 0 aliphatic carbocycles. The van der Waals surface area contributed by atoms with Crippen LogP contribution in [-0.2, 0) is 19.4 Å². The quantitative estimate of drug-likeness (QED) is 0.925. The summed E-state index contributed by atoms with van der Waals surface area (Å²) in [5, 5.41) is 3.23. The van der Waals surface area contributed by atoms with E-state index in [-0.39, 0.29) is 0 Å². The summed E-state index contributed by atoms with van der Waals surface area (Å²) in [5.41, 5.74) is 5.60. The molecule has 2 heterocycles. The predicted octanol–water partition coefficient (Wildman–Crippen LogP) is 2.41. The first-order valence-corrected chi connectivity index (χ1v) is 7.27. The largest absolute Gasteiger partial charge is 0.371 e. The zero-order valence-corrected chi connectivity index (χ0v) is 12.0. The summed E-state index contributed by atoms with van der Waals surface area (Å²) in [6.07, 6.45) is 6.12. The Hall–Kier alpha value is -1.87. The lowest BCUT2D eigenvalue weighted by molar-refractivity contribution is 0.770. The van der Waals surface area contributed by atoms with Crippen molar-refractivity contribution in [3.05, 3.63) is 59.4 Å². The lowest BCUT2D eigenvalue weighted by Crippen LogP contribution is -2.27. The van der Waals surface area contributed by atoms with Crippen molar-refractivity contribution in [3.63, 3.8) is 0 Å². The Morgan fingerprint density at radius 1 is 1.10 bits per heavy atom. The first-order valence-electron chi connectivity index (χ1n) is 7.27. The molecule has 1 aromatic carbocycles. The monoisotopic (exact) mass is 267 g/mol. The second-order valence-electron chi connectivity index (χ2n) is 5.29. The minimum absolute atomic E-state index is 0.868. The zero-order chi connectivity index (χ0) is 13.8. The number of pyridine rings is 1. The fourth-order valence-corrected chi connectivity index (χ4v) is 2.96. The summed E-state index contributed by atoms with van der Waals surface area (Å²) in [4.78, 5) is 6.75. The molecule has 0 fully saturated rings. The summed E-state index contributed by atoms with van der Waals surface area (Å²) in [6, 6.07) is 11.0. The Morgan fingerprint density at radius 3 is 2.45 bits per heavy atom. The molecule has 0 atom stereocenters. The summed E-state index contributed by atoms with van der Waals surface area (Å²) in [7, 11) is 1.98. The normalized spacial score (nSPS) is 14.8. The Bertz CT molecular complexity index is 553. The molecule has 0 saturated carbocycles. The number of fused-ring (bicyclic) bond motifs is 1. The summed E-state index contributed by atoms with van der Waals surface area (Å²) >= 11 is 0. The number of rotatable bonds is 3. The van der Waals surface area contributed by atoms with Crippen LogP contribution in [0.5, 0.6) is 0 Å². The van der Waals surface area contributed by atoms with Gasteiger partial charge in [-0.05, 0) is 37.1 Å².